The number of fused-ring (bicyclic) bond motifs is 8. The number of hydrogen-bond acceptors (Lipinski definition) is 3. The number of allylic oxidation sites excluding steroid dienone is 1. The Labute approximate surface area is 669 Å². The van der Waals surface area contributed by atoms with Gasteiger partial charge < -0.3 is 9.97 Å². The highest BCUT2D eigenvalue weighted by molar-refractivity contribution is 6.82. The van der Waals surface area contributed by atoms with E-state index in [1.807, 2.05) is 0 Å². The van der Waals surface area contributed by atoms with Gasteiger partial charge in [-0.1, -0.05) is 145 Å². The van der Waals surface area contributed by atoms with Crippen molar-refractivity contribution in [3.63, 3.8) is 0 Å². The van der Waals surface area contributed by atoms with E-state index in [0.717, 1.165) is 107 Å². The molecule has 3 aliphatic heterocycles. The summed E-state index contributed by atoms with van der Waals surface area (Å²) < 4.78 is 0. The molecular formula is C115H39N5. The Balaban J connectivity index is 0.593. The molecule has 1 atom stereocenters. The summed E-state index contributed by atoms with van der Waals surface area (Å²) >= 11 is 0. The average molecular weight is 1490 g/mol. The van der Waals surface area contributed by atoms with Crippen molar-refractivity contribution >= 4 is 337 Å². The minimum Gasteiger partial charge on any atom is -0.354 e. The van der Waals surface area contributed by atoms with Crippen molar-refractivity contribution < 1.29 is 0 Å². The molecule has 1 unspecified atom stereocenters. The van der Waals surface area contributed by atoms with Gasteiger partial charge >= 0.3 is 0 Å². The summed E-state index contributed by atoms with van der Waals surface area (Å²) in [5.74, 6) is 7.85. The van der Waals surface area contributed by atoms with Gasteiger partial charge in [-0.15, -0.1) is 0 Å². The first kappa shape index (κ1) is 53.0. The number of hydrogen-bond donors (Lipinski definition) is 2. The molecule has 2 N–H and O–H groups in total. The van der Waals surface area contributed by atoms with Crippen molar-refractivity contribution in [1.82, 2.24) is 24.8 Å². The van der Waals surface area contributed by atoms with Crippen LogP contribution >= 0.6 is 0 Å². The van der Waals surface area contributed by atoms with Crippen LogP contribution in [0.3, 0.4) is 0 Å². The van der Waals surface area contributed by atoms with E-state index in [9.17, 15) is 0 Å². The summed E-state index contributed by atoms with van der Waals surface area (Å²) in [4.78, 5) is 22.7. The molecule has 7 aliphatic rings. The lowest BCUT2D eigenvalue weighted by Gasteiger charge is -2.52. The van der Waals surface area contributed by atoms with Gasteiger partial charge in [-0.25, -0.2) is 9.97 Å². The second-order valence-corrected chi connectivity index (χ2v) is 38.7. The molecule has 0 amide bonds. The lowest BCUT2D eigenvalue weighted by molar-refractivity contribution is 0.147. The normalized spacial score (nSPS) is 19.1. The molecule has 0 radical (unpaired) electrons. The SMILES string of the molecule is CN1C(c2ccc(C#CC3=Cc4nc3c(-c3ccccc3)c3ccc([nH]3)c(-c3ccccc3)c3nc(c(-c5ccccc5)c5ccc([nH]5)c4-c4ccccc4)C=C3)cc2)CC23c4c5c6c7c8c9c(c%10c%11c2c2c4c4c%12c5c5c6c6c8c8c%13c9c9c%10c%10c%11c%11c2c2c4c4c%12c%12c5c5c6c8c6c8c%13c9c9c%10c%10c%11c2c2c4c4c%12c5c6c5c8c9c%10c2c45)C713. The summed E-state index contributed by atoms with van der Waals surface area (Å²) in [7, 11) is 2.66. The first-order chi connectivity index (χ1) is 59.6. The zero-order chi connectivity index (χ0) is 74.5. The van der Waals surface area contributed by atoms with Crippen molar-refractivity contribution in [3.8, 4) is 56.3 Å². The van der Waals surface area contributed by atoms with Gasteiger partial charge in [0.25, 0.3) is 0 Å². The molecule has 33 aromatic carbocycles. The van der Waals surface area contributed by atoms with Crippen molar-refractivity contribution in [2.45, 2.75) is 23.4 Å². The van der Waals surface area contributed by atoms with Gasteiger partial charge in [-0.2, -0.15) is 0 Å². The van der Waals surface area contributed by atoms with Crippen LogP contribution in [-0.2, 0) is 11.0 Å². The van der Waals surface area contributed by atoms with E-state index in [-0.39, 0.29) is 6.04 Å². The Hall–Kier alpha value is -15.3. The Morgan fingerprint density at radius 3 is 0.850 bits per heavy atom. The third-order valence-electron chi connectivity index (χ3n) is 35.7. The fraction of sp³-hybridized carbons (Fsp3) is 0.0435. The zero-order valence-electron chi connectivity index (χ0n) is 63.0. The fourth-order valence-corrected chi connectivity index (χ4v) is 33.3. The van der Waals surface area contributed by atoms with E-state index < -0.39 is 11.0 Å². The number of aromatic nitrogens is 4. The average Bonchev–Trinajstić information content (AvgIpc) is 1.38. The number of nitrogens with zero attached hydrogens (tertiary/aromatic N) is 3. The number of likely N-dealkylation sites (tertiary alicyclic amines) is 1. The van der Waals surface area contributed by atoms with Crippen LogP contribution in [0.25, 0.3) is 381 Å². The molecule has 36 aromatic rings. The number of likely N-dealkylation sites (N-methyl/N-ethyl adjacent to an activating group) is 1. The third-order valence-corrected chi connectivity index (χ3v) is 35.7. The lowest BCUT2D eigenvalue weighted by Crippen LogP contribution is -2.54. The predicted molar refractivity (Wildman–Crippen MR) is 502 cm³/mol. The monoisotopic (exact) mass is 1490 g/mol. The molecule has 5 heteroatoms. The highest BCUT2D eigenvalue weighted by Crippen LogP contribution is 2.87. The molecule has 524 valence electrons. The van der Waals surface area contributed by atoms with Gasteiger partial charge in [0.05, 0.1) is 39.3 Å². The molecule has 4 aliphatic carbocycles. The standard InChI is InChI=1S/C115H39N5/c1-120-50(37-25-22-36(23-26-37)24-27-42-34-49-53(40-18-10-4-11-19-40)47-31-30-45(117-47)51(38-14-6-2-7-15-38)43-28-29-44(116-43)52(39-16-8-3-9-17-39)46-32-33-48(118-46)54(113(42)119-49)41-20-12-5-13-21-41)35-114-109-101-93-83-73-65-57-55-56-59-63-61(57)69-77-71(63)81-75-67(59)68-60(56)64-62-58(55)66(65)74-80-70(62)78-72(64)82-76(68)86-85(75)97-91(81)99-89(77)95(87(93)79(69)73)103(109)105(99)111-107(97)108-98(86)92(82)100-90(78)96-88(80)94(84(74)83)102(101)110(114)104(96)106(100)112(108)115(111,114)120/h2-23,25-26,28-34,50,117-118H,35H2,1H3. The van der Waals surface area contributed by atoms with Crippen LogP contribution in [0.1, 0.15) is 68.6 Å². The Morgan fingerprint density at radius 1 is 0.275 bits per heavy atom. The quantitative estimate of drug-likeness (QED) is 0.133. The van der Waals surface area contributed by atoms with Gasteiger partial charge in [-0.05, 0) is 409 Å². The van der Waals surface area contributed by atoms with Crippen LogP contribution in [0.15, 0.2) is 170 Å². The predicted octanol–water partition coefficient (Wildman–Crippen LogP) is 29.4. The summed E-state index contributed by atoms with van der Waals surface area (Å²) in [6.07, 6.45) is 7.62. The highest BCUT2D eigenvalue weighted by Gasteiger charge is 2.75. The highest BCUT2D eigenvalue weighted by atomic mass is 15.3. The van der Waals surface area contributed by atoms with Gasteiger partial charge in [0.15, 0.2) is 0 Å². The first-order valence-corrected chi connectivity index (χ1v) is 43.1. The zero-order valence-corrected chi connectivity index (χ0v) is 63.0. The molecule has 5 nitrogen and oxygen atoms in total. The van der Waals surface area contributed by atoms with E-state index >= 15 is 0 Å². The van der Waals surface area contributed by atoms with Crippen molar-refractivity contribution in [2.24, 2.45) is 0 Å². The summed E-state index contributed by atoms with van der Waals surface area (Å²) in [6, 6.07) is 61.8. The summed E-state index contributed by atoms with van der Waals surface area (Å²) in [5, 5.41) is 88.4. The minimum absolute atomic E-state index is 0.0666. The molecule has 6 heterocycles. The molecular weight excluding hydrogens is 1450 g/mol. The number of aromatic amines is 2. The van der Waals surface area contributed by atoms with E-state index in [1.54, 1.807) is 313 Å². The molecule has 43 rings (SSSR count). The molecule has 1 fully saturated rings. The van der Waals surface area contributed by atoms with Gasteiger partial charge in [-0.3, -0.25) is 4.90 Å². The topological polar surface area (TPSA) is 60.6 Å². The largest absolute Gasteiger partial charge is 0.354 e. The van der Waals surface area contributed by atoms with E-state index in [2.05, 4.69) is 222 Å². The van der Waals surface area contributed by atoms with Crippen molar-refractivity contribution in [2.75, 3.05) is 7.05 Å². The second-order valence-electron chi connectivity index (χ2n) is 38.7. The first-order valence-electron chi connectivity index (χ1n) is 43.1. The molecule has 120 heavy (non-hydrogen) atoms. The van der Waals surface area contributed by atoms with E-state index in [4.69, 9.17) is 9.97 Å². The van der Waals surface area contributed by atoms with Gasteiger partial charge in [0, 0.05) is 55.9 Å². The lowest BCUT2D eigenvalue weighted by atomic mass is 9.53. The second kappa shape index (κ2) is 14.8. The van der Waals surface area contributed by atoms with Crippen LogP contribution in [0.2, 0.25) is 0 Å². The Morgan fingerprint density at radius 2 is 0.542 bits per heavy atom. The van der Waals surface area contributed by atoms with Crippen LogP contribution < -0.4 is 0 Å². The number of benzene rings is 23. The van der Waals surface area contributed by atoms with Crippen molar-refractivity contribution in [3.05, 3.63) is 226 Å². The molecule has 1 saturated heterocycles. The van der Waals surface area contributed by atoms with Crippen molar-refractivity contribution in [1.29, 1.82) is 0 Å². The number of nitrogens with one attached hydrogen (secondary N) is 2. The molecule has 2 spiro atoms. The summed E-state index contributed by atoms with van der Waals surface area (Å²) in [5.41, 5.74) is 24.7. The van der Waals surface area contributed by atoms with E-state index in [0.29, 0.717) is 0 Å². The van der Waals surface area contributed by atoms with E-state index in [1.165, 1.54) is 5.56 Å². The molecule has 0 saturated carbocycles. The fourth-order valence-electron chi connectivity index (χ4n) is 33.3. The minimum atomic E-state index is -0.506. The summed E-state index contributed by atoms with van der Waals surface area (Å²) in [6.45, 7) is 0. The van der Waals surface area contributed by atoms with Crippen LogP contribution in [-0.4, -0.2) is 31.9 Å². The molecule has 3 aromatic heterocycles. The molecule has 8 bridgehead atoms. The third kappa shape index (κ3) is 4.07. The van der Waals surface area contributed by atoms with Crippen LogP contribution in [0.4, 0.5) is 0 Å². The van der Waals surface area contributed by atoms with Gasteiger partial charge in [0.1, 0.15) is 0 Å². The van der Waals surface area contributed by atoms with Crippen LogP contribution in [0.5, 0.6) is 0 Å². The van der Waals surface area contributed by atoms with Gasteiger partial charge in [0.2, 0.25) is 0 Å². The smallest absolute Gasteiger partial charge is 0.0893 e. The number of rotatable bonds is 5. The maximum atomic E-state index is 5.93. The maximum Gasteiger partial charge on any atom is 0.0893 e. The Bertz CT molecular complexity index is 11100. The Kier molecular flexibility index (Phi) is 6.54. The number of H-pyrrole nitrogens is 2. The maximum absolute atomic E-state index is 5.93. The van der Waals surface area contributed by atoms with Crippen LogP contribution in [0, 0.1) is 11.8 Å².